The fourth-order valence-corrected chi connectivity index (χ4v) is 3.58. The maximum atomic E-state index is 12.4. The maximum Gasteiger partial charge on any atom is 0.356 e. The van der Waals surface area contributed by atoms with E-state index >= 15 is 0 Å². The van der Waals surface area contributed by atoms with Gasteiger partial charge >= 0.3 is 5.97 Å². The Labute approximate surface area is 173 Å². The monoisotopic (exact) mass is 458 g/mol. The second-order valence-corrected chi connectivity index (χ2v) is 7.08. The number of aromatic amines is 1. The molecule has 2 heterocycles. The van der Waals surface area contributed by atoms with Crippen LogP contribution < -0.4 is 14.8 Å². The van der Waals surface area contributed by atoms with Crippen molar-refractivity contribution in [3.8, 4) is 11.5 Å². The lowest BCUT2D eigenvalue weighted by molar-refractivity contribution is -0.119. The van der Waals surface area contributed by atoms with Gasteiger partial charge in [-0.05, 0) is 35.0 Å². The van der Waals surface area contributed by atoms with Gasteiger partial charge in [0, 0.05) is 22.5 Å². The molecule has 0 radical (unpaired) electrons. The lowest BCUT2D eigenvalue weighted by Crippen LogP contribution is -2.22. The summed E-state index contributed by atoms with van der Waals surface area (Å²) in [5.41, 5.74) is 1.51. The third-order valence-corrected chi connectivity index (χ3v) is 5.17. The Morgan fingerprint density at radius 3 is 2.62 bits per heavy atom. The minimum Gasteiger partial charge on any atom is -0.454 e. The zero-order chi connectivity index (χ0) is 20.5. The van der Waals surface area contributed by atoms with Gasteiger partial charge in [-0.25, -0.2) is 4.79 Å². The zero-order valence-corrected chi connectivity index (χ0v) is 16.8. The van der Waals surface area contributed by atoms with Crippen LogP contribution in [0.4, 0.5) is 5.69 Å². The van der Waals surface area contributed by atoms with Crippen LogP contribution in [0.3, 0.4) is 0 Å². The van der Waals surface area contributed by atoms with Gasteiger partial charge in [0.05, 0.1) is 10.2 Å². The molecular weight excluding hydrogens is 444 g/mol. The standard InChI is InChI=1S/C20H15BrN2O6/c1-10(24)12-6-15-16(29-9-28-15)7-14(12)22-17(25)8-27-20(26)19-18(21)11-4-2-3-5-13(11)23-19/h2-7,23H,8-9H2,1H3,(H,22,25). The molecule has 0 saturated heterocycles. The number of rotatable bonds is 5. The number of aromatic nitrogens is 1. The first-order chi connectivity index (χ1) is 13.9. The van der Waals surface area contributed by atoms with Crippen molar-refractivity contribution in [2.45, 2.75) is 6.92 Å². The third kappa shape index (κ3) is 3.68. The number of ketones is 1. The van der Waals surface area contributed by atoms with Crippen LogP contribution in [0.15, 0.2) is 40.9 Å². The molecule has 0 unspecified atom stereocenters. The van der Waals surface area contributed by atoms with Crippen LogP contribution in [0.2, 0.25) is 0 Å². The summed E-state index contributed by atoms with van der Waals surface area (Å²) in [6, 6.07) is 10.4. The molecule has 0 fully saturated rings. The van der Waals surface area contributed by atoms with Gasteiger partial charge in [0.15, 0.2) is 23.9 Å². The number of carbonyl (C=O) groups excluding carboxylic acids is 3. The number of anilines is 1. The van der Waals surface area contributed by atoms with Crippen LogP contribution >= 0.6 is 15.9 Å². The smallest absolute Gasteiger partial charge is 0.356 e. The van der Waals surface area contributed by atoms with Crippen molar-refractivity contribution in [2.75, 3.05) is 18.7 Å². The normalized spacial score (nSPS) is 12.1. The highest BCUT2D eigenvalue weighted by Crippen LogP contribution is 2.37. The van der Waals surface area contributed by atoms with Crippen LogP contribution in [0, 0.1) is 0 Å². The van der Waals surface area contributed by atoms with E-state index in [2.05, 4.69) is 26.2 Å². The molecule has 8 nitrogen and oxygen atoms in total. The van der Waals surface area contributed by atoms with Crippen LogP contribution in [-0.4, -0.2) is 36.0 Å². The molecule has 0 aliphatic carbocycles. The van der Waals surface area contributed by atoms with E-state index in [0.29, 0.717) is 16.0 Å². The van der Waals surface area contributed by atoms with Crippen LogP contribution in [0.5, 0.6) is 11.5 Å². The van der Waals surface area contributed by atoms with E-state index in [1.807, 2.05) is 24.3 Å². The molecule has 1 aliphatic heterocycles. The largest absolute Gasteiger partial charge is 0.454 e. The summed E-state index contributed by atoms with van der Waals surface area (Å²) in [6.07, 6.45) is 0. The number of Topliss-reactive ketones (excluding diaryl/α,β-unsaturated/α-hetero) is 1. The molecular formula is C20H15BrN2O6. The molecule has 4 rings (SSSR count). The van der Waals surface area contributed by atoms with Crippen molar-refractivity contribution in [3.63, 3.8) is 0 Å². The first kappa shape index (κ1) is 19.0. The second kappa shape index (κ2) is 7.59. The van der Waals surface area contributed by atoms with E-state index in [-0.39, 0.29) is 29.5 Å². The van der Waals surface area contributed by atoms with Crippen LogP contribution in [0.1, 0.15) is 27.8 Å². The quantitative estimate of drug-likeness (QED) is 0.446. The number of amides is 1. The number of nitrogens with one attached hydrogen (secondary N) is 2. The van der Waals surface area contributed by atoms with E-state index in [1.54, 1.807) is 0 Å². The van der Waals surface area contributed by atoms with E-state index in [1.165, 1.54) is 19.1 Å². The highest BCUT2D eigenvalue weighted by atomic mass is 79.9. The molecule has 0 atom stereocenters. The first-order valence-corrected chi connectivity index (χ1v) is 9.41. The average Bonchev–Trinajstić information content (AvgIpc) is 3.29. The average molecular weight is 459 g/mol. The Morgan fingerprint density at radius 1 is 1.17 bits per heavy atom. The van der Waals surface area contributed by atoms with Crippen molar-refractivity contribution in [1.82, 2.24) is 4.98 Å². The van der Waals surface area contributed by atoms with Crippen molar-refractivity contribution in [2.24, 2.45) is 0 Å². The fraction of sp³-hybridized carbons (Fsp3) is 0.150. The molecule has 2 aromatic carbocycles. The molecule has 1 amide bonds. The molecule has 0 spiro atoms. The van der Waals surface area contributed by atoms with Crippen molar-refractivity contribution in [3.05, 3.63) is 52.1 Å². The highest BCUT2D eigenvalue weighted by molar-refractivity contribution is 9.10. The summed E-state index contributed by atoms with van der Waals surface area (Å²) in [4.78, 5) is 39.5. The van der Waals surface area contributed by atoms with Crippen LogP contribution in [-0.2, 0) is 9.53 Å². The highest BCUT2D eigenvalue weighted by Gasteiger charge is 2.22. The summed E-state index contributed by atoms with van der Waals surface area (Å²) in [5.74, 6) is -0.669. The predicted octanol–water partition coefficient (Wildman–Crippen LogP) is 3.66. The number of halogens is 1. The topological polar surface area (TPSA) is 107 Å². The molecule has 29 heavy (non-hydrogen) atoms. The molecule has 2 N–H and O–H groups in total. The lowest BCUT2D eigenvalue weighted by Gasteiger charge is -2.11. The summed E-state index contributed by atoms with van der Waals surface area (Å²) in [6.45, 7) is 0.897. The van der Waals surface area contributed by atoms with Gasteiger partial charge in [-0.15, -0.1) is 0 Å². The minimum atomic E-state index is -0.680. The van der Waals surface area contributed by atoms with Crippen molar-refractivity contribution < 1.29 is 28.6 Å². The Balaban J connectivity index is 1.46. The summed E-state index contributed by atoms with van der Waals surface area (Å²) in [5, 5.41) is 3.40. The molecule has 0 bridgehead atoms. The van der Waals surface area contributed by atoms with Gasteiger partial charge in [-0.2, -0.15) is 0 Å². The third-order valence-electron chi connectivity index (χ3n) is 4.35. The Bertz CT molecular complexity index is 1150. The number of hydrogen-bond donors (Lipinski definition) is 2. The van der Waals surface area contributed by atoms with Crippen LogP contribution in [0.25, 0.3) is 10.9 Å². The number of H-pyrrole nitrogens is 1. The van der Waals surface area contributed by atoms with Gasteiger partial charge in [0.2, 0.25) is 6.79 Å². The number of carbonyl (C=O) groups is 3. The fourth-order valence-electron chi connectivity index (χ4n) is 2.97. The number of fused-ring (bicyclic) bond motifs is 2. The van der Waals surface area contributed by atoms with Gasteiger partial charge in [-0.1, -0.05) is 18.2 Å². The summed E-state index contributed by atoms with van der Waals surface area (Å²) < 4.78 is 16.2. The van der Waals surface area contributed by atoms with E-state index in [9.17, 15) is 14.4 Å². The molecule has 148 valence electrons. The zero-order valence-electron chi connectivity index (χ0n) is 15.2. The Hall–Kier alpha value is -3.33. The molecule has 1 aliphatic rings. The summed E-state index contributed by atoms with van der Waals surface area (Å²) in [7, 11) is 0. The van der Waals surface area contributed by atoms with E-state index in [0.717, 1.165) is 10.9 Å². The molecule has 9 heteroatoms. The predicted molar refractivity (Wildman–Crippen MR) is 107 cm³/mol. The molecule has 0 saturated carbocycles. The Kier molecular flexibility index (Phi) is 4.98. The molecule has 1 aromatic heterocycles. The van der Waals surface area contributed by atoms with Gasteiger partial charge in [-0.3, -0.25) is 9.59 Å². The number of benzene rings is 2. The SMILES string of the molecule is CC(=O)c1cc2c(cc1NC(=O)COC(=O)c1[nH]c3ccccc3c1Br)OCO2. The number of esters is 1. The summed E-state index contributed by atoms with van der Waals surface area (Å²) >= 11 is 3.37. The molecule has 3 aromatic rings. The second-order valence-electron chi connectivity index (χ2n) is 6.29. The lowest BCUT2D eigenvalue weighted by atomic mass is 10.1. The van der Waals surface area contributed by atoms with Gasteiger partial charge in [0.25, 0.3) is 5.91 Å². The number of hydrogen-bond acceptors (Lipinski definition) is 6. The number of para-hydroxylation sites is 1. The minimum absolute atomic E-state index is 0.0427. The van der Waals surface area contributed by atoms with E-state index < -0.39 is 18.5 Å². The van der Waals surface area contributed by atoms with Gasteiger partial charge < -0.3 is 24.5 Å². The number of ether oxygens (including phenoxy) is 3. The van der Waals surface area contributed by atoms with Gasteiger partial charge in [0.1, 0.15) is 5.69 Å². The van der Waals surface area contributed by atoms with E-state index in [4.69, 9.17) is 14.2 Å². The first-order valence-electron chi connectivity index (χ1n) is 8.62. The maximum absolute atomic E-state index is 12.4. The Morgan fingerprint density at radius 2 is 1.90 bits per heavy atom. The van der Waals surface area contributed by atoms with Crippen molar-refractivity contribution in [1.29, 1.82) is 0 Å². The van der Waals surface area contributed by atoms with Crippen molar-refractivity contribution >= 4 is 50.2 Å².